The van der Waals surface area contributed by atoms with E-state index in [0.29, 0.717) is 0 Å². The second-order valence-electron chi connectivity index (χ2n) is 5.10. The third-order valence-electron chi connectivity index (χ3n) is 3.61. The van der Waals surface area contributed by atoms with Gasteiger partial charge in [-0.15, -0.1) is 0 Å². The largest absolute Gasteiger partial charge is 0.378 e. The highest BCUT2D eigenvalue weighted by atomic mass is 32.1. The van der Waals surface area contributed by atoms with Crippen molar-refractivity contribution in [3.8, 4) is 0 Å². The maximum atomic E-state index is 5.72. The van der Waals surface area contributed by atoms with E-state index in [0.717, 1.165) is 59.7 Å². The lowest BCUT2D eigenvalue weighted by molar-refractivity contribution is 0.110. The molecule has 5 heteroatoms. The highest BCUT2D eigenvalue weighted by Crippen LogP contribution is 2.28. The summed E-state index contributed by atoms with van der Waals surface area (Å²) in [5.41, 5.74) is 2.27. The van der Waals surface area contributed by atoms with Gasteiger partial charge in [0.2, 0.25) is 0 Å². The zero-order chi connectivity index (χ0) is 15.1. The van der Waals surface area contributed by atoms with E-state index in [1.54, 1.807) is 0 Å². The SMILES string of the molecule is CCCN(CC)CCOCCN(C)c1c(C)c(=S)c1=S. The zero-order valence-electron chi connectivity index (χ0n) is 13.1. The number of anilines is 1. The Balaban J connectivity index is 2.22. The minimum absolute atomic E-state index is 0.729. The summed E-state index contributed by atoms with van der Waals surface area (Å²) in [7, 11) is 2.05. The Kier molecular flexibility index (Phi) is 7.80. The van der Waals surface area contributed by atoms with Gasteiger partial charge in [0, 0.05) is 20.1 Å². The van der Waals surface area contributed by atoms with Crippen molar-refractivity contribution in [2.45, 2.75) is 27.2 Å². The smallest absolute Gasteiger partial charge is 0.0797 e. The average molecular weight is 315 g/mol. The van der Waals surface area contributed by atoms with Crippen molar-refractivity contribution < 1.29 is 4.74 Å². The van der Waals surface area contributed by atoms with Crippen molar-refractivity contribution in [2.24, 2.45) is 0 Å². The molecule has 0 atom stereocenters. The van der Waals surface area contributed by atoms with Gasteiger partial charge < -0.3 is 14.5 Å². The van der Waals surface area contributed by atoms with E-state index >= 15 is 0 Å². The molecular formula is C15H26N2OS2. The summed E-state index contributed by atoms with van der Waals surface area (Å²) in [5, 5.41) is 0. The molecule has 0 aliphatic heterocycles. The quantitative estimate of drug-likeness (QED) is 0.483. The minimum Gasteiger partial charge on any atom is -0.378 e. The summed E-state index contributed by atoms with van der Waals surface area (Å²) in [4.78, 5) is 4.56. The first kappa shape index (κ1) is 17.7. The van der Waals surface area contributed by atoms with Crippen molar-refractivity contribution in [2.75, 3.05) is 51.3 Å². The van der Waals surface area contributed by atoms with Gasteiger partial charge in [0.15, 0.2) is 0 Å². The van der Waals surface area contributed by atoms with Gasteiger partial charge >= 0.3 is 0 Å². The predicted octanol–water partition coefficient (Wildman–Crippen LogP) is 3.51. The molecule has 0 bridgehead atoms. The first-order valence-electron chi connectivity index (χ1n) is 7.34. The zero-order valence-corrected chi connectivity index (χ0v) is 14.7. The van der Waals surface area contributed by atoms with Crippen LogP contribution in [0.5, 0.6) is 0 Å². The summed E-state index contributed by atoms with van der Waals surface area (Å²) in [6.07, 6.45) is 1.20. The molecule has 1 aromatic rings. The van der Waals surface area contributed by atoms with Crippen molar-refractivity contribution in [1.29, 1.82) is 0 Å². The molecule has 3 nitrogen and oxygen atoms in total. The number of hydrogen-bond donors (Lipinski definition) is 0. The lowest BCUT2D eigenvalue weighted by Gasteiger charge is -2.24. The summed E-state index contributed by atoms with van der Waals surface area (Å²) in [6.45, 7) is 12.1. The topological polar surface area (TPSA) is 15.7 Å². The first-order chi connectivity index (χ1) is 9.52. The van der Waals surface area contributed by atoms with E-state index in [2.05, 4.69) is 23.6 Å². The fourth-order valence-electron chi connectivity index (χ4n) is 2.31. The third-order valence-corrected chi connectivity index (χ3v) is 4.65. The van der Waals surface area contributed by atoms with Crippen LogP contribution in [-0.2, 0) is 4.74 Å². The number of ether oxygens (including phenoxy) is 1. The average Bonchev–Trinajstić information content (AvgIpc) is 2.45. The van der Waals surface area contributed by atoms with E-state index in [9.17, 15) is 0 Å². The van der Waals surface area contributed by atoms with Crippen LogP contribution in [0.25, 0.3) is 0 Å². The van der Waals surface area contributed by atoms with Crippen LogP contribution in [0.15, 0.2) is 0 Å². The van der Waals surface area contributed by atoms with Crippen LogP contribution in [0, 0.1) is 15.9 Å². The second kappa shape index (κ2) is 8.82. The molecule has 0 saturated heterocycles. The molecule has 114 valence electrons. The molecule has 0 N–H and O–H groups in total. The monoisotopic (exact) mass is 314 g/mol. The number of likely N-dealkylation sites (N-methyl/N-ethyl adjacent to an activating group) is 2. The van der Waals surface area contributed by atoms with Crippen LogP contribution in [0.4, 0.5) is 5.69 Å². The Morgan fingerprint density at radius 1 is 1.00 bits per heavy atom. The molecule has 0 amide bonds. The molecule has 1 rings (SSSR count). The second-order valence-corrected chi connectivity index (χ2v) is 5.92. The van der Waals surface area contributed by atoms with Gasteiger partial charge in [-0.1, -0.05) is 38.3 Å². The normalized spacial score (nSPS) is 11.4. The Hall–Kier alpha value is -0.360. The number of rotatable bonds is 10. The van der Waals surface area contributed by atoms with E-state index in [-0.39, 0.29) is 0 Å². The predicted molar refractivity (Wildman–Crippen MR) is 91.7 cm³/mol. The fourth-order valence-corrected chi connectivity index (χ4v) is 2.96. The molecule has 20 heavy (non-hydrogen) atoms. The van der Waals surface area contributed by atoms with Crippen molar-refractivity contribution >= 4 is 30.1 Å². The van der Waals surface area contributed by atoms with Gasteiger partial charge in [-0.05, 0) is 32.0 Å². The lowest BCUT2D eigenvalue weighted by Crippen LogP contribution is -2.30. The van der Waals surface area contributed by atoms with E-state index in [4.69, 9.17) is 29.2 Å². The highest BCUT2D eigenvalue weighted by molar-refractivity contribution is 7.74. The molecule has 0 fully saturated rings. The maximum Gasteiger partial charge on any atom is 0.0797 e. The highest BCUT2D eigenvalue weighted by Gasteiger charge is 2.14. The van der Waals surface area contributed by atoms with Gasteiger partial charge in [-0.3, -0.25) is 0 Å². The van der Waals surface area contributed by atoms with Crippen LogP contribution < -0.4 is 4.90 Å². The molecule has 0 aromatic heterocycles. The minimum atomic E-state index is 0.729. The van der Waals surface area contributed by atoms with Gasteiger partial charge in [-0.2, -0.15) is 0 Å². The van der Waals surface area contributed by atoms with Crippen LogP contribution in [0.1, 0.15) is 25.8 Å². The molecule has 1 aromatic carbocycles. The van der Waals surface area contributed by atoms with Crippen LogP contribution in [0.2, 0.25) is 0 Å². The standard InChI is InChI=1S/C15H26N2OS2/c1-5-7-17(6-2)9-11-18-10-8-16(4)13-12(3)14(19)15(13)20/h5-11H2,1-4H3. The summed E-state index contributed by atoms with van der Waals surface area (Å²) in [5.74, 6) is 0. The van der Waals surface area contributed by atoms with Crippen LogP contribution >= 0.6 is 24.4 Å². The summed E-state index contributed by atoms with van der Waals surface area (Å²) in [6, 6.07) is 0. The maximum absolute atomic E-state index is 5.72. The van der Waals surface area contributed by atoms with Crippen LogP contribution in [0.3, 0.4) is 0 Å². The van der Waals surface area contributed by atoms with E-state index < -0.39 is 0 Å². The van der Waals surface area contributed by atoms with Gasteiger partial charge in [-0.25, -0.2) is 0 Å². The number of hydrogen-bond acceptors (Lipinski definition) is 5. The van der Waals surface area contributed by atoms with E-state index in [1.807, 2.05) is 14.0 Å². The Morgan fingerprint density at radius 3 is 2.20 bits per heavy atom. The Labute approximate surface area is 133 Å². The van der Waals surface area contributed by atoms with Crippen molar-refractivity contribution in [3.63, 3.8) is 0 Å². The molecular weight excluding hydrogens is 288 g/mol. The van der Waals surface area contributed by atoms with Crippen molar-refractivity contribution in [1.82, 2.24) is 4.90 Å². The lowest BCUT2D eigenvalue weighted by atomic mass is 10.1. The molecule has 0 radical (unpaired) electrons. The third kappa shape index (κ3) is 4.58. The van der Waals surface area contributed by atoms with Crippen molar-refractivity contribution in [3.05, 3.63) is 14.6 Å². The van der Waals surface area contributed by atoms with Gasteiger partial charge in [0.05, 0.1) is 27.9 Å². The molecule has 0 unspecified atom stereocenters. The van der Waals surface area contributed by atoms with E-state index in [1.165, 1.54) is 6.42 Å². The molecule has 0 saturated carbocycles. The summed E-state index contributed by atoms with van der Waals surface area (Å²) >= 11 is 10.5. The molecule has 0 aliphatic rings. The van der Waals surface area contributed by atoms with Crippen LogP contribution in [-0.4, -0.2) is 51.3 Å². The Bertz CT molecular complexity index is 480. The fraction of sp³-hybridized carbons (Fsp3) is 0.733. The molecule has 0 spiro atoms. The summed E-state index contributed by atoms with van der Waals surface area (Å²) < 4.78 is 7.40. The van der Waals surface area contributed by atoms with Gasteiger partial charge in [0.1, 0.15) is 0 Å². The first-order valence-corrected chi connectivity index (χ1v) is 8.15. The Morgan fingerprint density at radius 2 is 1.65 bits per heavy atom. The molecule has 0 heterocycles. The van der Waals surface area contributed by atoms with Gasteiger partial charge in [0.25, 0.3) is 0 Å². The molecule has 0 aliphatic carbocycles. The number of nitrogens with zero attached hydrogens (tertiary/aromatic N) is 2.